The number of aryl methyl sites for hydroxylation is 1. The fourth-order valence-corrected chi connectivity index (χ4v) is 2.54. The average Bonchev–Trinajstić information content (AvgIpc) is 2.65. The van der Waals surface area contributed by atoms with Crippen molar-refractivity contribution in [3.05, 3.63) is 64.4 Å². The van der Waals surface area contributed by atoms with Gasteiger partial charge in [-0.15, -0.1) is 0 Å². The van der Waals surface area contributed by atoms with E-state index in [2.05, 4.69) is 0 Å². The highest BCUT2D eigenvalue weighted by Gasteiger charge is 2.19. The molecule has 0 bridgehead atoms. The summed E-state index contributed by atoms with van der Waals surface area (Å²) < 4.78 is 18.6. The number of benzene rings is 2. The van der Waals surface area contributed by atoms with Crippen LogP contribution in [0.15, 0.2) is 42.5 Å². The first-order chi connectivity index (χ1) is 12.9. The van der Waals surface area contributed by atoms with Crippen LogP contribution in [0.3, 0.4) is 0 Å². The van der Waals surface area contributed by atoms with Crippen molar-refractivity contribution >= 4 is 29.2 Å². The SMILES string of the molecule is Cc1cc(N(CCC#N)C(=O)COC(=O)Cc2ccccc2F)ccc1Cl. The third-order valence-corrected chi connectivity index (χ3v) is 4.27. The molecule has 0 aliphatic rings. The summed E-state index contributed by atoms with van der Waals surface area (Å²) in [4.78, 5) is 25.8. The second-order valence-electron chi connectivity index (χ2n) is 5.82. The molecule has 0 aromatic heterocycles. The lowest BCUT2D eigenvalue weighted by Crippen LogP contribution is -2.35. The van der Waals surface area contributed by atoms with Gasteiger partial charge in [-0.3, -0.25) is 9.59 Å². The van der Waals surface area contributed by atoms with Crippen LogP contribution < -0.4 is 4.90 Å². The van der Waals surface area contributed by atoms with Crippen LogP contribution in [0.5, 0.6) is 0 Å². The van der Waals surface area contributed by atoms with Crippen molar-refractivity contribution in [2.24, 2.45) is 0 Å². The number of ether oxygens (including phenoxy) is 1. The molecule has 0 aliphatic heterocycles. The van der Waals surface area contributed by atoms with Crippen LogP contribution in [0.25, 0.3) is 0 Å². The molecule has 1 amide bonds. The molecule has 2 aromatic carbocycles. The molecule has 0 heterocycles. The Kier molecular flexibility index (Phi) is 7.33. The van der Waals surface area contributed by atoms with E-state index >= 15 is 0 Å². The zero-order chi connectivity index (χ0) is 19.8. The summed E-state index contributed by atoms with van der Waals surface area (Å²) >= 11 is 6.01. The second-order valence-corrected chi connectivity index (χ2v) is 6.22. The number of rotatable bonds is 7. The summed E-state index contributed by atoms with van der Waals surface area (Å²) in [6.45, 7) is 1.45. The van der Waals surface area contributed by atoms with E-state index in [9.17, 15) is 14.0 Å². The highest BCUT2D eigenvalue weighted by atomic mass is 35.5. The van der Waals surface area contributed by atoms with Crippen molar-refractivity contribution in [3.8, 4) is 6.07 Å². The number of carbonyl (C=O) groups is 2. The number of anilines is 1. The maximum absolute atomic E-state index is 13.6. The number of amides is 1. The summed E-state index contributed by atoms with van der Waals surface area (Å²) in [6, 6.07) is 12.9. The number of esters is 1. The minimum absolute atomic E-state index is 0.122. The van der Waals surface area contributed by atoms with Gasteiger partial charge in [0.05, 0.1) is 18.9 Å². The van der Waals surface area contributed by atoms with Crippen LogP contribution in [0, 0.1) is 24.1 Å². The van der Waals surface area contributed by atoms with Crippen LogP contribution in [-0.4, -0.2) is 25.0 Å². The fourth-order valence-electron chi connectivity index (χ4n) is 2.42. The molecule has 0 saturated carbocycles. The highest BCUT2D eigenvalue weighted by molar-refractivity contribution is 6.31. The molecule has 0 spiro atoms. The average molecular weight is 389 g/mol. The maximum Gasteiger partial charge on any atom is 0.310 e. The molecule has 0 aliphatic carbocycles. The molecule has 0 radical (unpaired) electrons. The summed E-state index contributed by atoms with van der Waals surface area (Å²) in [5, 5.41) is 9.38. The monoisotopic (exact) mass is 388 g/mol. The zero-order valence-electron chi connectivity index (χ0n) is 14.7. The van der Waals surface area contributed by atoms with Gasteiger partial charge in [0.1, 0.15) is 5.82 Å². The first-order valence-electron chi connectivity index (χ1n) is 8.25. The lowest BCUT2D eigenvalue weighted by atomic mass is 10.1. The van der Waals surface area contributed by atoms with Crippen LogP contribution in [0.1, 0.15) is 17.5 Å². The Bertz CT molecular complexity index is 880. The van der Waals surface area contributed by atoms with Gasteiger partial charge in [0, 0.05) is 17.3 Å². The van der Waals surface area contributed by atoms with E-state index in [0.29, 0.717) is 10.7 Å². The molecule has 2 rings (SSSR count). The lowest BCUT2D eigenvalue weighted by molar-refractivity contribution is -0.147. The normalized spacial score (nSPS) is 10.1. The molecular weight excluding hydrogens is 371 g/mol. The number of nitriles is 1. The van der Waals surface area contributed by atoms with Gasteiger partial charge >= 0.3 is 5.97 Å². The van der Waals surface area contributed by atoms with Crippen LogP contribution in [0.2, 0.25) is 5.02 Å². The van der Waals surface area contributed by atoms with E-state index in [4.69, 9.17) is 21.6 Å². The summed E-state index contributed by atoms with van der Waals surface area (Å²) in [6.07, 6.45) is -0.144. The van der Waals surface area contributed by atoms with Crippen LogP contribution in [0.4, 0.5) is 10.1 Å². The molecule has 0 saturated heterocycles. The van der Waals surface area contributed by atoms with Gasteiger partial charge in [0.2, 0.25) is 0 Å². The van der Waals surface area contributed by atoms with Crippen molar-refractivity contribution in [2.45, 2.75) is 19.8 Å². The molecule has 27 heavy (non-hydrogen) atoms. The van der Waals surface area contributed by atoms with E-state index in [1.54, 1.807) is 31.2 Å². The van der Waals surface area contributed by atoms with E-state index < -0.39 is 24.3 Å². The molecule has 0 atom stereocenters. The van der Waals surface area contributed by atoms with E-state index in [1.807, 2.05) is 6.07 Å². The van der Waals surface area contributed by atoms with Crippen molar-refractivity contribution < 1.29 is 18.7 Å². The Balaban J connectivity index is 2.03. The standard InChI is InChI=1S/C20H18ClFN2O3/c1-14-11-16(7-8-17(14)21)24(10-4-9-23)19(25)13-27-20(26)12-15-5-2-3-6-18(15)22/h2-3,5-8,11H,4,10,12-13H2,1H3. The molecule has 2 aromatic rings. The Labute approximate surface area is 161 Å². The molecule has 0 N–H and O–H groups in total. The Morgan fingerprint density at radius 3 is 2.67 bits per heavy atom. The van der Waals surface area contributed by atoms with Crippen molar-refractivity contribution in [1.29, 1.82) is 5.26 Å². The Hall–Kier alpha value is -2.91. The van der Waals surface area contributed by atoms with E-state index in [1.165, 1.54) is 23.1 Å². The predicted octanol–water partition coefficient (Wildman–Crippen LogP) is 3.82. The van der Waals surface area contributed by atoms with Crippen molar-refractivity contribution in [2.75, 3.05) is 18.1 Å². The molecule has 140 valence electrons. The third kappa shape index (κ3) is 5.80. The number of carbonyl (C=O) groups excluding carboxylic acids is 2. The zero-order valence-corrected chi connectivity index (χ0v) is 15.5. The fraction of sp³-hybridized carbons (Fsp3) is 0.250. The van der Waals surface area contributed by atoms with Crippen molar-refractivity contribution in [3.63, 3.8) is 0 Å². The molecule has 0 unspecified atom stereocenters. The topological polar surface area (TPSA) is 70.4 Å². The van der Waals surface area contributed by atoms with E-state index in [-0.39, 0.29) is 24.9 Å². The van der Waals surface area contributed by atoms with Gasteiger partial charge in [-0.1, -0.05) is 29.8 Å². The summed E-state index contributed by atoms with van der Waals surface area (Å²) in [7, 11) is 0. The molecular formula is C20H18ClFN2O3. The van der Waals surface area contributed by atoms with Gasteiger partial charge in [-0.05, 0) is 42.3 Å². The smallest absolute Gasteiger partial charge is 0.310 e. The van der Waals surface area contributed by atoms with Crippen LogP contribution >= 0.6 is 11.6 Å². The van der Waals surface area contributed by atoms with Gasteiger partial charge in [-0.2, -0.15) is 5.26 Å². The first-order valence-corrected chi connectivity index (χ1v) is 8.62. The largest absolute Gasteiger partial charge is 0.455 e. The van der Waals surface area contributed by atoms with Gasteiger partial charge in [0.25, 0.3) is 5.91 Å². The minimum atomic E-state index is -0.707. The summed E-state index contributed by atoms with van der Waals surface area (Å²) in [5.41, 5.74) is 1.53. The van der Waals surface area contributed by atoms with Crippen LogP contribution in [-0.2, 0) is 20.7 Å². The summed E-state index contributed by atoms with van der Waals surface area (Å²) in [5.74, 6) is -1.69. The van der Waals surface area contributed by atoms with E-state index in [0.717, 1.165) is 5.56 Å². The Morgan fingerprint density at radius 2 is 2.00 bits per heavy atom. The quantitative estimate of drug-likeness (QED) is 0.676. The minimum Gasteiger partial charge on any atom is -0.455 e. The first kappa shape index (κ1) is 20.4. The Morgan fingerprint density at radius 1 is 1.26 bits per heavy atom. The number of nitrogens with zero attached hydrogens (tertiary/aromatic N) is 2. The molecule has 0 fully saturated rings. The van der Waals surface area contributed by atoms with Gasteiger partial charge in [0.15, 0.2) is 6.61 Å². The number of hydrogen-bond acceptors (Lipinski definition) is 4. The second kappa shape index (κ2) is 9.70. The van der Waals surface area contributed by atoms with Gasteiger partial charge in [-0.25, -0.2) is 4.39 Å². The number of halogens is 2. The number of hydrogen-bond donors (Lipinski definition) is 0. The predicted molar refractivity (Wildman–Crippen MR) is 99.8 cm³/mol. The maximum atomic E-state index is 13.6. The van der Waals surface area contributed by atoms with Crippen molar-refractivity contribution in [1.82, 2.24) is 0 Å². The molecule has 5 nitrogen and oxygen atoms in total. The highest BCUT2D eigenvalue weighted by Crippen LogP contribution is 2.23. The third-order valence-electron chi connectivity index (χ3n) is 3.85. The lowest BCUT2D eigenvalue weighted by Gasteiger charge is -2.22. The van der Waals surface area contributed by atoms with Gasteiger partial charge < -0.3 is 9.64 Å². The molecule has 7 heteroatoms.